The smallest absolute Gasteiger partial charge is 0.323 e. The summed E-state index contributed by atoms with van der Waals surface area (Å²) in [6.45, 7) is 1.77. The molecule has 1 aliphatic rings. The van der Waals surface area contributed by atoms with Crippen LogP contribution in [0.4, 0.5) is 5.82 Å². The second-order valence-corrected chi connectivity index (χ2v) is 4.39. The highest BCUT2D eigenvalue weighted by Gasteiger charge is 2.23. The maximum Gasteiger partial charge on any atom is 0.323 e. The van der Waals surface area contributed by atoms with Gasteiger partial charge in [-0.2, -0.15) is 0 Å². The van der Waals surface area contributed by atoms with E-state index >= 15 is 0 Å². The second-order valence-electron chi connectivity index (χ2n) is 4.39. The zero-order valence-electron chi connectivity index (χ0n) is 10.6. The Morgan fingerprint density at radius 2 is 2.11 bits per heavy atom. The first-order valence-corrected chi connectivity index (χ1v) is 5.91. The zero-order chi connectivity index (χ0) is 13.1. The molecule has 1 aromatic rings. The van der Waals surface area contributed by atoms with E-state index in [0.717, 1.165) is 25.9 Å². The Morgan fingerprint density at radius 1 is 1.47 bits per heavy atom. The van der Waals surface area contributed by atoms with Crippen LogP contribution in [0, 0.1) is 10.1 Å². The number of amides is 1. The van der Waals surface area contributed by atoms with Crippen LogP contribution in [0.2, 0.25) is 0 Å². The maximum atomic E-state index is 12.0. The Balaban J connectivity index is 0.00000180. The summed E-state index contributed by atoms with van der Waals surface area (Å²) >= 11 is 0. The summed E-state index contributed by atoms with van der Waals surface area (Å²) in [4.78, 5) is 22.2. The van der Waals surface area contributed by atoms with Crippen molar-refractivity contribution in [2.24, 2.45) is 7.05 Å². The SMILES string of the molecule is Cl.Cn1c(C(=O)NC2CCNCC2)ccc1[N+](=O)[O-]. The topological polar surface area (TPSA) is 89.2 Å². The molecule has 1 aromatic heterocycles. The number of piperidine rings is 1. The predicted molar refractivity (Wildman–Crippen MR) is 72.7 cm³/mol. The first kappa shape index (κ1) is 15.5. The van der Waals surface area contributed by atoms with Crippen LogP contribution in [-0.4, -0.2) is 34.5 Å². The third kappa shape index (κ3) is 3.45. The Hall–Kier alpha value is -1.60. The van der Waals surface area contributed by atoms with Crippen LogP contribution >= 0.6 is 12.4 Å². The molecule has 2 rings (SSSR count). The molecule has 1 aliphatic heterocycles. The van der Waals surface area contributed by atoms with Crippen molar-refractivity contribution in [1.29, 1.82) is 0 Å². The number of nitro groups is 1. The first-order chi connectivity index (χ1) is 8.59. The standard InChI is InChI=1S/C11H16N4O3.ClH/c1-14-9(2-3-10(14)15(17)18)11(16)13-8-4-6-12-7-5-8;/h2-3,8,12H,4-7H2,1H3,(H,13,16);1H. The van der Waals surface area contributed by atoms with Crippen LogP contribution in [0.3, 0.4) is 0 Å². The first-order valence-electron chi connectivity index (χ1n) is 5.91. The molecule has 2 N–H and O–H groups in total. The average molecular weight is 289 g/mol. The van der Waals surface area contributed by atoms with Crippen LogP contribution in [0.5, 0.6) is 0 Å². The fourth-order valence-corrected chi connectivity index (χ4v) is 2.14. The Morgan fingerprint density at radius 3 is 2.63 bits per heavy atom. The van der Waals surface area contributed by atoms with Gasteiger partial charge in [-0.3, -0.25) is 4.79 Å². The lowest BCUT2D eigenvalue weighted by Crippen LogP contribution is -2.43. The lowest BCUT2D eigenvalue weighted by Gasteiger charge is -2.23. The number of hydrogen-bond donors (Lipinski definition) is 2. The predicted octanol–water partition coefficient (Wildman–Crippen LogP) is 0.837. The number of nitrogens with one attached hydrogen (secondary N) is 2. The van der Waals surface area contributed by atoms with Gasteiger partial charge in [0.2, 0.25) is 0 Å². The van der Waals surface area contributed by atoms with Crippen LogP contribution < -0.4 is 10.6 Å². The van der Waals surface area contributed by atoms with Gasteiger partial charge in [-0.15, -0.1) is 12.4 Å². The quantitative estimate of drug-likeness (QED) is 0.637. The number of aromatic nitrogens is 1. The molecule has 8 heteroatoms. The van der Waals surface area contributed by atoms with Gasteiger partial charge >= 0.3 is 5.82 Å². The van der Waals surface area contributed by atoms with Crippen molar-refractivity contribution in [3.05, 3.63) is 27.9 Å². The van der Waals surface area contributed by atoms with Crippen molar-refractivity contribution in [3.8, 4) is 0 Å². The monoisotopic (exact) mass is 288 g/mol. The van der Waals surface area contributed by atoms with E-state index in [1.54, 1.807) is 0 Å². The van der Waals surface area contributed by atoms with Gasteiger partial charge in [-0.1, -0.05) is 0 Å². The maximum absolute atomic E-state index is 12.0. The van der Waals surface area contributed by atoms with E-state index in [1.807, 2.05) is 0 Å². The van der Waals surface area contributed by atoms with Crippen molar-refractivity contribution < 1.29 is 9.72 Å². The molecule has 0 radical (unpaired) electrons. The zero-order valence-corrected chi connectivity index (χ0v) is 11.4. The van der Waals surface area contributed by atoms with Gasteiger partial charge in [0, 0.05) is 12.1 Å². The van der Waals surface area contributed by atoms with Gasteiger partial charge in [0.25, 0.3) is 5.91 Å². The van der Waals surface area contributed by atoms with Crippen molar-refractivity contribution in [3.63, 3.8) is 0 Å². The minimum atomic E-state index is -0.499. The third-order valence-corrected chi connectivity index (χ3v) is 3.19. The van der Waals surface area contributed by atoms with Crippen molar-refractivity contribution in [2.75, 3.05) is 13.1 Å². The van der Waals surface area contributed by atoms with E-state index in [0.29, 0.717) is 5.69 Å². The molecule has 0 aromatic carbocycles. The highest BCUT2D eigenvalue weighted by atomic mass is 35.5. The lowest BCUT2D eigenvalue weighted by atomic mass is 10.1. The Kier molecular flexibility index (Phi) is 5.31. The highest BCUT2D eigenvalue weighted by Crippen LogP contribution is 2.15. The molecule has 0 saturated carbocycles. The molecular weight excluding hydrogens is 272 g/mol. The number of hydrogen-bond acceptors (Lipinski definition) is 4. The van der Waals surface area contributed by atoms with Gasteiger partial charge in [0.15, 0.2) is 5.69 Å². The molecule has 0 bridgehead atoms. The molecule has 0 unspecified atom stereocenters. The van der Waals surface area contributed by atoms with Crippen LogP contribution in [-0.2, 0) is 7.05 Å². The summed E-state index contributed by atoms with van der Waals surface area (Å²) in [6, 6.07) is 2.97. The third-order valence-electron chi connectivity index (χ3n) is 3.19. The number of carbonyl (C=O) groups excluding carboxylic acids is 1. The van der Waals surface area contributed by atoms with Crippen LogP contribution in [0.15, 0.2) is 12.1 Å². The molecule has 0 atom stereocenters. The fraction of sp³-hybridized carbons (Fsp3) is 0.545. The van der Waals surface area contributed by atoms with E-state index in [9.17, 15) is 14.9 Å². The Labute approximate surface area is 116 Å². The summed E-state index contributed by atoms with van der Waals surface area (Å²) in [6.07, 6.45) is 1.77. The lowest BCUT2D eigenvalue weighted by molar-refractivity contribution is -0.391. The van der Waals surface area contributed by atoms with Gasteiger partial charge < -0.3 is 20.7 Å². The fourth-order valence-electron chi connectivity index (χ4n) is 2.14. The molecule has 106 valence electrons. The minimum absolute atomic E-state index is 0. The second kappa shape index (κ2) is 6.53. The highest BCUT2D eigenvalue weighted by molar-refractivity contribution is 5.93. The minimum Gasteiger partial charge on any atom is -0.358 e. The van der Waals surface area contributed by atoms with E-state index in [1.165, 1.54) is 23.7 Å². The molecule has 2 heterocycles. The summed E-state index contributed by atoms with van der Waals surface area (Å²) in [5.41, 5.74) is 0.320. The molecule has 1 saturated heterocycles. The van der Waals surface area contributed by atoms with Crippen molar-refractivity contribution in [1.82, 2.24) is 15.2 Å². The van der Waals surface area contributed by atoms with Crippen LogP contribution in [0.1, 0.15) is 23.3 Å². The normalized spacial score (nSPS) is 15.6. The number of nitrogens with zero attached hydrogens (tertiary/aromatic N) is 2. The van der Waals surface area contributed by atoms with Gasteiger partial charge in [-0.05, 0) is 36.9 Å². The van der Waals surface area contributed by atoms with E-state index < -0.39 is 4.92 Å². The van der Waals surface area contributed by atoms with E-state index in [-0.39, 0.29) is 30.2 Å². The summed E-state index contributed by atoms with van der Waals surface area (Å²) < 4.78 is 1.30. The molecule has 1 fully saturated rings. The van der Waals surface area contributed by atoms with E-state index in [4.69, 9.17) is 0 Å². The molecule has 0 aliphatic carbocycles. The number of carbonyl (C=O) groups is 1. The Bertz CT molecular complexity index is 469. The van der Waals surface area contributed by atoms with Gasteiger partial charge in [0.1, 0.15) is 0 Å². The number of rotatable bonds is 3. The largest absolute Gasteiger partial charge is 0.358 e. The average Bonchev–Trinajstić information content (AvgIpc) is 2.72. The van der Waals surface area contributed by atoms with Crippen molar-refractivity contribution in [2.45, 2.75) is 18.9 Å². The molecule has 0 spiro atoms. The van der Waals surface area contributed by atoms with Crippen molar-refractivity contribution >= 4 is 24.1 Å². The summed E-state index contributed by atoms with van der Waals surface area (Å²) in [5.74, 6) is -0.331. The van der Waals surface area contributed by atoms with E-state index in [2.05, 4.69) is 10.6 Å². The number of halogens is 1. The molecule has 19 heavy (non-hydrogen) atoms. The summed E-state index contributed by atoms with van der Waals surface area (Å²) in [5, 5.41) is 16.8. The molecule has 1 amide bonds. The molecule has 7 nitrogen and oxygen atoms in total. The van der Waals surface area contributed by atoms with Gasteiger partial charge in [-0.25, -0.2) is 4.57 Å². The van der Waals surface area contributed by atoms with Crippen LogP contribution in [0.25, 0.3) is 0 Å². The summed E-state index contributed by atoms with van der Waals surface area (Å²) in [7, 11) is 1.52. The molecular formula is C11H17ClN4O3. The van der Waals surface area contributed by atoms with Gasteiger partial charge in [0.05, 0.1) is 7.05 Å².